The Morgan fingerprint density at radius 3 is 2.36 bits per heavy atom. The van der Waals surface area contributed by atoms with Crippen molar-refractivity contribution in [1.82, 2.24) is 4.98 Å². The van der Waals surface area contributed by atoms with Gasteiger partial charge in [0.2, 0.25) is 0 Å². The summed E-state index contributed by atoms with van der Waals surface area (Å²) >= 11 is 0. The summed E-state index contributed by atoms with van der Waals surface area (Å²) in [5.41, 5.74) is 7.23. The van der Waals surface area contributed by atoms with Crippen LogP contribution in [0, 0.1) is 45.0 Å². The number of pyridine rings is 1. The maximum absolute atomic E-state index is 12.4. The minimum atomic E-state index is -0.356. The SMILES string of the molecule is Cc1nc([NH-])ccc1F.[Pa].[Y]. The first kappa shape index (κ1) is 14.6. The Morgan fingerprint density at radius 2 is 2.00 bits per heavy atom. The normalized spacial score (nSPS) is 7.82. The molecule has 2 radical (unpaired) electrons. The van der Waals surface area contributed by atoms with Crippen molar-refractivity contribution in [2.45, 2.75) is 6.92 Å². The van der Waals surface area contributed by atoms with E-state index in [4.69, 9.17) is 5.73 Å². The molecule has 0 spiro atoms. The molecule has 0 unspecified atom stereocenters. The quantitative estimate of drug-likeness (QED) is 0.604. The van der Waals surface area contributed by atoms with Crippen LogP contribution in [0.3, 0.4) is 0 Å². The molecular weight excluding hydrogens is 439 g/mol. The number of aryl methyl sites for hydroxylation is 1. The zero-order chi connectivity index (χ0) is 6.85. The van der Waals surface area contributed by atoms with Crippen molar-refractivity contribution in [2.24, 2.45) is 0 Å². The molecule has 0 aliphatic carbocycles. The van der Waals surface area contributed by atoms with Gasteiger partial charge in [-0.15, -0.1) is 0 Å². The molecule has 0 bridgehead atoms. The van der Waals surface area contributed by atoms with Crippen LogP contribution in [-0.4, -0.2) is 4.98 Å². The Labute approximate surface area is 115 Å². The van der Waals surface area contributed by atoms with Gasteiger partial charge < -0.3 is 10.7 Å². The number of nitrogens with zero attached hydrogens (tertiary/aromatic N) is 1. The molecule has 1 N–H and O–H groups in total. The standard InChI is InChI=1S/C6H6FN2.Pa.Y/c1-4-5(7)2-3-6(8)9-4;;/h2-3H,1H3,(H-,8,9);;/q-1;;. The summed E-state index contributed by atoms with van der Waals surface area (Å²) in [7, 11) is 0. The Bertz CT molecular complexity index is 232. The average molecular weight is 445 g/mol. The summed E-state index contributed by atoms with van der Waals surface area (Å²) in [6.07, 6.45) is 0. The van der Waals surface area contributed by atoms with E-state index < -0.39 is 0 Å². The van der Waals surface area contributed by atoms with Gasteiger partial charge in [-0.3, -0.25) is 0 Å². The number of rotatable bonds is 0. The maximum Gasteiger partial charge on any atom is 0.122 e. The van der Waals surface area contributed by atoms with Gasteiger partial charge in [0, 0.05) is 65.0 Å². The second-order valence-electron chi connectivity index (χ2n) is 1.76. The van der Waals surface area contributed by atoms with Crippen molar-refractivity contribution in [3.05, 3.63) is 29.4 Å². The first-order chi connectivity index (χ1) is 4.20. The van der Waals surface area contributed by atoms with Crippen LogP contribution in [0.15, 0.2) is 12.1 Å². The van der Waals surface area contributed by atoms with Gasteiger partial charge in [0.1, 0.15) is 5.82 Å². The molecule has 11 heavy (non-hydrogen) atoms. The minimum absolute atomic E-state index is 0. The van der Waals surface area contributed by atoms with Crippen LogP contribution >= 0.6 is 0 Å². The Kier molecular flexibility index (Phi) is 8.72. The zero-order valence-electron chi connectivity index (χ0n) is 6.13. The fourth-order valence-corrected chi connectivity index (χ4v) is 0.544. The van der Waals surface area contributed by atoms with Gasteiger partial charge in [-0.1, -0.05) is 11.9 Å². The fourth-order valence-electron chi connectivity index (χ4n) is 0.544. The van der Waals surface area contributed by atoms with Crippen LogP contribution < -0.4 is 0 Å². The van der Waals surface area contributed by atoms with Crippen molar-refractivity contribution >= 4 is 5.82 Å². The first-order valence-electron chi connectivity index (χ1n) is 2.55. The minimum Gasteiger partial charge on any atom is -0.482 e. The average Bonchev–Trinajstić information content (AvgIpc) is 1.80. The third-order valence-corrected chi connectivity index (χ3v) is 1.02. The molecule has 0 aliphatic heterocycles. The molecule has 0 saturated heterocycles. The van der Waals surface area contributed by atoms with Crippen LogP contribution in [0.1, 0.15) is 5.69 Å². The van der Waals surface area contributed by atoms with E-state index in [0.717, 1.165) is 0 Å². The van der Waals surface area contributed by atoms with E-state index in [0.29, 0.717) is 0 Å². The molecule has 0 saturated carbocycles. The summed E-state index contributed by atoms with van der Waals surface area (Å²) in [5.74, 6) is -0.250. The van der Waals surface area contributed by atoms with Gasteiger partial charge in [0.15, 0.2) is 0 Å². The van der Waals surface area contributed by atoms with Crippen LogP contribution in [0.25, 0.3) is 5.73 Å². The molecule has 54 valence electrons. The van der Waals surface area contributed by atoms with E-state index in [2.05, 4.69) is 4.98 Å². The Morgan fingerprint density at radius 1 is 1.45 bits per heavy atom. The number of nitrogens with one attached hydrogen (secondary N) is 1. The molecule has 0 aliphatic rings. The zero-order valence-corrected chi connectivity index (χ0v) is 13.8. The number of aromatic nitrogens is 1. The molecule has 0 atom stereocenters. The summed E-state index contributed by atoms with van der Waals surface area (Å²) in [4.78, 5) is 3.56. The van der Waals surface area contributed by atoms with E-state index >= 15 is 0 Å². The van der Waals surface area contributed by atoms with Gasteiger partial charge in [0.05, 0.1) is 0 Å². The van der Waals surface area contributed by atoms with E-state index in [1.165, 1.54) is 19.1 Å². The molecule has 1 heterocycles. The Hall–Kier alpha value is 1.07. The summed E-state index contributed by atoms with van der Waals surface area (Å²) in [6, 6.07) is 2.56. The molecule has 2 nitrogen and oxygen atoms in total. The second-order valence-corrected chi connectivity index (χ2v) is 1.76. The van der Waals surface area contributed by atoms with Gasteiger partial charge in [-0.2, -0.15) is 0 Å². The smallest absolute Gasteiger partial charge is 0.122 e. The van der Waals surface area contributed by atoms with Crippen molar-refractivity contribution in [3.8, 4) is 0 Å². The number of hydrogen-bond donors (Lipinski definition) is 0. The molecular formula is C6H6FN2PaY-. The Balaban J connectivity index is 0. The predicted octanol–water partition coefficient (Wildman–Crippen LogP) is 2.21. The third kappa shape index (κ3) is 4.60. The number of hydrogen-bond acceptors (Lipinski definition) is 1. The van der Waals surface area contributed by atoms with Gasteiger partial charge in [-0.25, -0.2) is 4.39 Å². The van der Waals surface area contributed by atoms with Crippen LogP contribution in [0.5, 0.6) is 0 Å². The van der Waals surface area contributed by atoms with Crippen LogP contribution in [0.4, 0.5) is 10.2 Å². The molecule has 0 fully saturated rings. The molecule has 0 amide bonds. The van der Waals surface area contributed by atoms with E-state index in [-0.39, 0.29) is 82.3 Å². The van der Waals surface area contributed by atoms with Crippen molar-refractivity contribution in [1.29, 1.82) is 0 Å². The van der Waals surface area contributed by atoms with Gasteiger partial charge >= 0.3 is 0 Å². The summed E-state index contributed by atoms with van der Waals surface area (Å²) < 4.78 is 12.4. The third-order valence-electron chi connectivity index (χ3n) is 1.02. The number of halogens is 1. The molecule has 1 aromatic heterocycles. The van der Waals surface area contributed by atoms with Crippen molar-refractivity contribution in [3.63, 3.8) is 0 Å². The monoisotopic (exact) mass is 445 g/mol. The maximum atomic E-state index is 12.4. The van der Waals surface area contributed by atoms with E-state index in [9.17, 15) is 4.39 Å². The van der Waals surface area contributed by atoms with Crippen molar-refractivity contribution in [2.75, 3.05) is 0 Å². The summed E-state index contributed by atoms with van der Waals surface area (Å²) in [5, 5.41) is 0. The van der Waals surface area contributed by atoms with Crippen molar-refractivity contribution < 1.29 is 69.4 Å². The first-order valence-corrected chi connectivity index (χ1v) is 2.55. The predicted molar refractivity (Wildman–Crippen MR) is 32.9 cm³/mol. The molecule has 1 aromatic rings. The van der Waals surface area contributed by atoms with Crippen LogP contribution in [-0.2, 0) is 32.7 Å². The largest absolute Gasteiger partial charge is 0.482 e. The van der Waals surface area contributed by atoms with E-state index in [1.807, 2.05) is 0 Å². The van der Waals surface area contributed by atoms with Gasteiger partial charge in [0.25, 0.3) is 0 Å². The summed E-state index contributed by atoms with van der Waals surface area (Å²) in [6.45, 7) is 1.54. The fraction of sp³-hybridized carbons (Fsp3) is 0.167. The van der Waals surface area contributed by atoms with Gasteiger partial charge in [-0.05, 0) is 18.7 Å². The molecule has 5 heteroatoms. The molecule has 0 aromatic carbocycles. The van der Waals surface area contributed by atoms with E-state index in [1.54, 1.807) is 0 Å². The van der Waals surface area contributed by atoms with Crippen LogP contribution in [0.2, 0.25) is 0 Å². The topological polar surface area (TPSA) is 36.7 Å². The molecule has 1 rings (SSSR count). The second kappa shape index (κ2) is 6.58.